The molecule has 1 unspecified atom stereocenters. The first-order valence-corrected chi connectivity index (χ1v) is 9.70. The molecule has 0 saturated carbocycles. The third-order valence-electron chi connectivity index (χ3n) is 4.98. The minimum absolute atomic E-state index is 0.0744. The van der Waals surface area contributed by atoms with Crippen LogP contribution in [0.4, 0.5) is 10.3 Å². The molecule has 0 fully saturated rings. The van der Waals surface area contributed by atoms with Gasteiger partial charge in [0, 0.05) is 12.4 Å². The summed E-state index contributed by atoms with van der Waals surface area (Å²) in [5.41, 5.74) is 5.48. The first kappa shape index (κ1) is 18.6. The van der Waals surface area contributed by atoms with Gasteiger partial charge in [0.15, 0.2) is 6.23 Å². The number of imidazole rings is 2. The van der Waals surface area contributed by atoms with Crippen LogP contribution >= 0.6 is 11.6 Å². The van der Waals surface area contributed by atoms with E-state index in [4.69, 9.17) is 11.6 Å². The fourth-order valence-electron chi connectivity index (χ4n) is 3.44. The fourth-order valence-corrected chi connectivity index (χ4v) is 3.62. The summed E-state index contributed by atoms with van der Waals surface area (Å²) in [5.74, 6) is -0.0359. The van der Waals surface area contributed by atoms with Gasteiger partial charge in [-0.1, -0.05) is 29.8 Å². The topological polar surface area (TPSA) is 78.2 Å². The minimum Gasteiger partial charge on any atom is -0.368 e. The summed E-state index contributed by atoms with van der Waals surface area (Å²) in [6, 6.07) is 14.1. The van der Waals surface area contributed by atoms with Gasteiger partial charge in [0.05, 0.1) is 16.1 Å². The Bertz CT molecular complexity index is 1390. The fraction of sp³-hybridized carbons (Fsp3) is 0.0909. The van der Waals surface area contributed by atoms with Gasteiger partial charge in [0.1, 0.15) is 17.2 Å². The van der Waals surface area contributed by atoms with Crippen molar-refractivity contribution in [3.8, 4) is 11.1 Å². The van der Waals surface area contributed by atoms with Crippen LogP contribution in [0.3, 0.4) is 0 Å². The van der Waals surface area contributed by atoms with Gasteiger partial charge in [-0.05, 0) is 53.9 Å². The highest BCUT2D eigenvalue weighted by Gasteiger charge is 2.15. The molecule has 0 aliphatic heterocycles. The van der Waals surface area contributed by atoms with E-state index < -0.39 is 12.0 Å². The van der Waals surface area contributed by atoms with Crippen LogP contribution in [0.2, 0.25) is 5.02 Å². The number of aromatic amines is 1. The number of H-pyrrole nitrogens is 1. The smallest absolute Gasteiger partial charge is 0.203 e. The Balaban J connectivity index is 1.43. The van der Waals surface area contributed by atoms with Crippen molar-refractivity contribution >= 4 is 34.2 Å². The van der Waals surface area contributed by atoms with E-state index in [2.05, 4.69) is 20.3 Å². The molecule has 0 aliphatic rings. The van der Waals surface area contributed by atoms with Crippen LogP contribution < -0.4 is 5.32 Å². The van der Waals surface area contributed by atoms with Gasteiger partial charge in [-0.2, -0.15) is 0 Å². The van der Waals surface area contributed by atoms with E-state index in [1.54, 1.807) is 18.3 Å². The number of benzene rings is 2. The van der Waals surface area contributed by atoms with Crippen molar-refractivity contribution in [2.45, 2.75) is 13.2 Å². The SMILES string of the molecule is Cc1cccn2cc(C(O)Nc3nc4ccc(-c5ccc(F)c(Cl)c5)cc4[nH]3)nc12. The van der Waals surface area contributed by atoms with E-state index in [-0.39, 0.29) is 5.02 Å². The highest BCUT2D eigenvalue weighted by atomic mass is 35.5. The van der Waals surface area contributed by atoms with Crippen LogP contribution in [0.5, 0.6) is 0 Å². The summed E-state index contributed by atoms with van der Waals surface area (Å²) < 4.78 is 15.3. The van der Waals surface area contributed by atoms with E-state index in [0.29, 0.717) is 11.6 Å². The van der Waals surface area contributed by atoms with E-state index in [1.165, 1.54) is 6.07 Å². The van der Waals surface area contributed by atoms with Gasteiger partial charge in [-0.3, -0.25) is 0 Å². The van der Waals surface area contributed by atoms with Crippen molar-refractivity contribution in [3.63, 3.8) is 0 Å². The Morgan fingerprint density at radius 3 is 2.73 bits per heavy atom. The molecule has 30 heavy (non-hydrogen) atoms. The molecule has 0 spiro atoms. The molecule has 8 heteroatoms. The van der Waals surface area contributed by atoms with Crippen molar-refractivity contribution in [1.82, 2.24) is 19.4 Å². The largest absolute Gasteiger partial charge is 0.368 e. The first-order chi connectivity index (χ1) is 14.5. The average Bonchev–Trinajstić information content (AvgIpc) is 3.34. The molecular formula is C22H17ClFN5O. The van der Waals surface area contributed by atoms with E-state index in [9.17, 15) is 9.50 Å². The van der Waals surface area contributed by atoms with Crippen LogP contribution in [0, 0.1) is 12.7 Å². The Kier molecular flexibility index (Phi) is 4.42. The maximum absolute atomic E-state index is 13.4. The van der Waals surface area contributed by atoms with Gasteiger partial charge in [0.25, 0.3) is 0 Å². The normalized spacial score (nSPS) is 12.5. The van der Waals surface area contributed by atoms with Gasteiger partial charge < -0.3 is 19.8 Å². The van der Waals surface area contributed by atoms with Crippen LogP contribution in [0.25, 0.3) is 27.8 Å². The second-order valence-electron chi connectivity index (χ2n) is 7.08. The Labute approximate surface area is 176 Å². The molecule has 3 heterocycles. The molecule has 2 aromatic carbocycles. The van der Waals surface area contributed by atoms with Crippen molar-refractivity contribution in [2.24, 2.45) is 0 Å². The summed E-state index contributed by atoms with van der Waals surface area (Å²) in [7, 11) is 0. The van der Waals surface area contributed by atoms with Crippen molar-refractivity contribution in [2.75, 3.05) is 5.32 Å². The molecule has 1 atom stereocenters. The molecule has 3 N–H and O–H groups in total. The molecule has 3 aromatic heterocycles. The highest BCUT2D eigenvalue weighted by molar-refractivity contribution is 6.31. The molecular weight excluding hydrogens is 405 g/mol. The summed E-state index contributed by atoms with van der Waals surface area (Å²) in [6.45, 7) is 1.97. The molecule has 0 amide bonds. The Morgan fingerprint density at radius 2 is 1.93 bits per heavy atom. The van der Waals surface area contributed by atoms with E-state index in [1.807, 2.05) is 47.9 Å². The third kappa shape index (κ3) is 3.28. The second-order valence-corrected chi connectivity index (χ2v) is 7.49. The number of hydrogen-bond acceptors (Lipinski definition) is 4. The van der Waals surface area contributed by atoms with Crippen LogP contribution in [0.1, 0.15) is 17.5 Å². The number of hydrogen-bond donors (Lipinski definition) is 3. The monoisotopic (exact) mass is 421 g/mol. The summed E-state index contributed by atoms with van der Waals surface area (Å²) >= 11 is 5.90. The molecule has 0 bridgehead atoms. The zero-order chi connectivity index (χ0) is 20.8. The number of aromatic nitrogens is 4. The number of anilines is 1. The number of pyridine rings is 1. The first-order valence-electron chi connectivity index (χ1n) is 9.32. The van der Waals surface area contributed by atoms with Gasteiger partial charge in [-0.25, -0.2) is 14.4 Å². The van der Waals surface area contributed by atoms with Crippen molar-refractivity contribution < 1.29 is 9.50 Å². The lowest BCUT2D eigenvalue weighted by molar-refractivity contribution is 0.203. The number of fused-ring (bicyclic) bond motifs is 2. The number of aliphatic hydroxyl groups is 1. The predicted octanol–water partition coefficient (Wildman–Crippen LogP) is 5.08. The number of halogens is 2. The second kappa shape index (κ2) is 7.12. The number of aliphatic hydroxyl groups excluding tert-OH is 1. The zero-order valence-electron chi connectivity index (χ0n) is 15.9. The quantitative estimate of drug-likeness (QED) is 0.353. The lowest BCUT2D eigenvalue weighted by atomic mass is 10.1. The number of nitrogens with zero attached hydrogens (tertiary/aromatic N) is 3. The molecule has 6 nitrogen and oxygen atoms in total. The molecule has 150 valence electrons. The van der Waals surface area contributed by atoms with Crippen LogP contribution in [-0.4, -0.2) is 24.5 Å². The number of aryl methyl sites for hydroxylation is 1. The maximum Gasteiger partial charge on any atom is 0.203 e. The molecule has 5 aromatic rings. The zero-order valence-corrected chi connectivity index (χ0v) is 16.7. The number of nitrogens with one attached hydrogen (secondary N) is 2. The molecule has 0 radical (unpaired) electrons. The lowest BCUT2D eigenvalue weighted by Crippen LogP contribution is -2.11. The summed E-state index contributed by atoms with van der Waals surface area (Å²) in [6.07, 6.45) is 2.63. The van der Waals surface area contributed by atoms with Crippen LogP contribution in [0.15, 0.2) is 60.9 Å². The van der Waals surface area contributed by atoms with Crippen molar-refractivity contribution in [3.05, 3.63) is 83.0 Å². The standard InChI is InChI=1S/C22H17ClFN5O/c1-12-3-2-8-29-11-19(25-20(12)29)21(30)28-22-26-17-7-5-14(10-18(17)27-22)13-4-6-16(24)15(23)9-13/h2-11,21,30H,1H3,(H2,26,27,28). The Morgan fingerprint density at radius 1 is 1.13 bits per heavy atom. The average molecular weight is 422 g/mol. The molecule has 5 rings (SSSR count). The van der Waals surface area contributed by atoms with Crippen LogP contribution in [-0.2, 0) is 0 Å². The van der Waals surface area contributed by atoms with Gasteiger partial charge in [-0.15, -0.1) is 0 Å². The lowest BCUT2D eigenvalue weighted by Gasteiger charge is -2.08. The Hall–Kier alpha value is -3.42. The number of rotatable bonds is 4. The highest BCUT2D eigenvalue weighted by Crippen LogP contribution is 2.28. The minimum atomic E-state index is -1.03. The van der Waals surface area contributed by atoms with E-state index >= 15 is 0 Å². The molecule has 0 saturated heterocycles. The summed E-state index contributed by atoms with van der Waals surface area (Å²) in [5, 5.41) is 13.6. The molecule has 0 aliphatic carbocycles. The van der Waals surface area contributed by atoms with Gasteiger partial charge in [0.2, 0.25) is 5.95 Å². The predicted molar refractivity (Wildman–Crippen MR) is 115 cm³/mol. The maximum atomic E-state index is 13.4. The summed E-state index contributed by atoms with van der Waals surface area (Å²) in [4.78, 5) is 12.1. The van der Waals surface area contributed by atoms with E-state index in [0.717, 1.165) is 33.4 Å². The van der Waals surface area contributed by atoms with Gasteiger partial charge >= 0.3 is 0 Å². The third-order valence-corrected chi connectivity index (χ3v) is 5.27. The van der Waals surface area contributed by atoms with Crippen molar-refractivity contribution in [1.29, 1.82) is 0 Å².